The van der Waals surface area contributed by atoms with Gasteiger partial charge in [0.1, 0.15) is 5.82 Å². The molecular formula is C23H26FNO3. The minimum absolute atomic E-state index is 0.0557. The smallest absolute Gasteiger partial charge is 0.335 e. The van der Waals surface area contributed by atoms with Crippen LogP contribution in [-0.4, -0.2) is 35.0 Å². The topological polar surface area (TPSA) is 57.6 Å². The molecule has 1 unspecified atom stereocenters. The zero-order chi connectivity index (χ0) is 20.1. The molecule has 2 aromatic carbocycles. The third-order valence-corrected chi connectivity index (χ3v) is 5.64. The maximum absolute atomic E-state index is 13.9. The fourth-order valence-corrected chi connectivity index (χ4v) is 3.98. The number of halogens is 1. The lowest BCUT2D eigenvalue weighted by atomic mass is 9.88. The zero-order valence-electron chi connectivity index (χ0n) is 16.1. The van der Waals surface area contributed by atoms with Crippen LogP contribution in [0.15, 0.2) is 48.5 Å². The molecule has 1 heterocycles. The molecule has 1 atom stereocenters. The van der Waals surface area contributed by atoms with Crippen molar-refractivity contribution < 1.29 is 19.1 Å². The van der Waals surface area contributed by atoms with E-state index in [1.807, 2.05) is 24.0 Å². The minimum atomic E-state index is -0.898. The third kappa shape index (κ3) is 4.77. The predicted molar refractivity (Wildman–Crippen MR) is 106 cm³/mol. The highest BCUT2D eigenvalue weighted by Gasteiger charge is 2.25. The molecule has 1 amide bonds. The Bertz CT molecular complexity index is 843. The molecular weight excluding hydrogens is 357 g/mol. The molecule has 1 aliphatic rings. The van der Waals surface area contributed by atoms with Crippen LogP contribution in [0.1, 0.15) is 53.6 Å². The number of nitrogens with zero attached hydrogens (tertiary/aromatic N) is 1. The molecule has 2 aromatic rings. The van der Waals surface area contributed by atoms with E-state index in [9.17, 15) is 19.1 Å². The highest BCUT2D eigenvalue weighted by Crippen LogP contribution is 2.26. The lowest BCUT2D eigenvalue weighted by molar-refractivity contribution is -0.132. The Kier molecular flexibility index (Phi) is 6.45. The Morgan fingerprint density at radius 1 is 1.11 bits per heavy atom. The highest BCUT2D eigenvalue weighted by atomic mass is 19.1. The van der Waals surface area contributed by atoms with Gasteiger partial charge in [0.15, 0.2) is 0 Å². The number of rotatable bonds is 6. The molecule has 0 spiro atoms. The molecule has 0 radical (unpaired) electrons. The summed E-state index contributed by atoms with van der Waals surface area (Å²) in [5.41, 5.74) is 1.80. The number of carbonyl (C=O) groups is 2. The first-order chi connectivity index (χ1) is 13.5. The van der Waals surface area contributed by atoms with Crippen LogP contribution in [0, 0.1) is 11.7 Å². The van der Waals surface area contributed by atoms with E-state index < -0.39 is 5.97 Å². The molecule has 1 fully saturated rings. The molecule has 1 aliphatic heterocycles. The lowest BCUT2D eigenvalue weighted by Crippen LogP contribution is -2.39. The summed E-state index contributed by atoms with van der Waals surface area (Å²) in [5.74, 6) is -0.897. The van der Waals surface area contributed by atoms with E-state index in [2.05, 4.69) is 0 Å². The summed E-state index contributed by atoms with van der Waals surface area (Å²) in [6, 6.07) is 13.7. The van der Waals surface area contributed by atoms with Gasteiger partial charge in [0.05, 0.1) is 5.56 Å². The van der Waals surface area contributed by atoms with Gasteiger partial charge < -0.3 is 10.0 Å². The first kappa shape index (κ1) is 20.1. The number of piperidine rings is 1. The average Bonchev–Trinajstić information content (AvgIpc) is 2.69. The first-order valence-corrected chi connectivity index (χ1v) is 9.79. The number of amides is 1. The highest BCUT2D eigenvalue weighted by molar-refractivity contribution is 5.89. The van der Waals surface area contributed by atoms with Crippen molar-refractivity contribution in [1.82, 2.24) is 4.90 Å². The van der Waals surface area contributed by atoms with Gasteiger partial charge in [0, 0.05) is 19.5 Å². The van der Waals surface area contributed by atoms with Crippen LogP contribution in [0.25, 0.3) is 0 Å². The Balaban J connectivity index is 1.53. The van der Waals surface area contributed by atoms with E-state index in [1.165, 1.54) is 6.07 Å². The van der Waals surface area contributed by atoms with Crippen LogP contribution >= 0.6 is 0 Å². The summed E-state index contributed by atoms with van der Waals surface area (Å²) in [5, 5.41) is 9.33. The first-order valence-electron chi connectivity index (χ1n) is 9.79. The van der Waals surface area contributed by atoms with Crippen molar-refractivity contribution in [3.05, 3.63) is 71.0 Å². The Hall–Kier alpha value is -2.69. The van der Waals surface area contributed by atoms with Crippen LogP contribution in [0.2, 0.25) is 0 Å². The minimum Gasteiger partial charge on any atom is -0.478 e. The molecule has 0 aliphatic carbocycles. The Morgan fingerprint density at radius 2 is 1.75 bits per heavy atom. The number of aromatic carboxylic acids is 1. The molecule has 0 bridgehead atoms. The lowest BCUT2D eigenvalue weighted by Gasteiger charge is -2.33. The molecule has 1 saturated heterocycles. The summed E-state index contributed by atoms with van der Waals surface area (Å²) >= 11 is 0. The van der Waals surface area contributed by atoms with Crippen LogP contribution in [-0.2, 0) is 11.2 Å². The van der Waals surface area contributed by atoms with Gasteiger partial charge in [-0.15, -0.1) is 0 Å². The van der Waals surface area contributed by atoms with Gasteiger partial charge in [-0.3, -0.25) is 4.79 Å². The van der Waals surface area contributed by atoms with E-state index in [1.54, 1.807) is 30.3 Å². The second-order valence-corrected chi connectivity index (χ2v) is 7.62. The summed E-state index contributed by atoms with van der Waals surface area (Å²) in [7, 11) is 0. The van der Waals surface area contributed by atoms with Crippen molar-refractivity contribution in [3.63, 3.8) is 0 Å². The molecule has 28 heavy (non-hydrogen) atoms. The summed E-state index contributed by atoms with van der Waals surface area (Å²) in [6.45, 7) is 3.22. The van der Waals surface area contributed by atoms with Gasteiger partial charge in [-0.25, -0.2) is 9.18 Å². The molecule has 1 N–H and O–H groups in total. The standard InChI is InChI=1S/C23H26FNO3/c1-16(19-7-4-5-9-21(19)24)14-22(26)25-12-10-17(11-13-25)15-18-6-2-3-8-20(18)23(27)28/h2-9,16-17H,10-15H2,1H3,(H,27,28). The van der Waals surface area contributed by atoms with E-state index in [4.69, 9.17) is 0 Å². The largest absolute Gasteiger partial charge is 0.478 e. The van der Waals surface area contributed by atoms with E-state index in [0.29, 0.717) is 36.6 Å². The van der Waals surface area contributed by atoms with Crippen LogP contribution < -0.4 is 0 Å². The van der Waals surface area contributed by atoms with Gasteiger partial charge in [-0.05, 0) is 54.4 Å². The van der Waals surface area contributed by atoms with Crippen LogP contribution in [0.4, 0.5) is 4.39 Å². The second kappa shape index (κ2) is 9.00. The monoisotopic (exact) mass is 383 g/mol. The van der Waals surface area contributed by atoms with Crippen molar-refractivity contribution >= 4 is 11.9 Å². The maximum Gasteiger partial charge on any atom is 0.335 e. The molecule has 5 heteroatoms. The number of carbonyl (C=O) groups excluding carboxylic acids is 1. The number of benzene rings is 2. The van der Waals surface area contributed by atoms with Crippen molar-refractivity contribution in [2.75, 3.05) is 13.1 Å². The van der Waals surface area contributed by atoms with Gasteiger partial charge in [-0.2, -0.15) is 0 Å². The maximum atomic E-state index is 13.9. The Labute approximate surface area is 165 Å². The zero-order valence-corrected chi connectivity index (χ0v) is 16.1. The van der Waals surface area contributed by atoms with Crippen molar-refractivity contribution in [3.8, 4) is 0 Å². The van der Waals surface area contributed by atoms with Gasteiger partial charge in [-0.1, -0.05) is 43.3 Å². The molecule has 4 nitrogen and oxygen atoms in total. The molecule has 0 saturated carbocycles. The number of hydrogen-bond donors (Lipinski definition) is 1. The summed E-state index contributed by atoms with van der Waals surface area (Å²) in [6.07, 6.45) is 2.73. The van der Waals surface area contributed by atoms with Crippen molar-refractivity contribution in [1.29, 1.82) is 0 Å². The molecule has 3 rings (SSSR count). The third-order valence-electron chi connectivity index (χ3n) is 5.64. The predicted octanol–water partition coefficient (Wildman–Crippen LogP) is 4.50. The Morgan fingerprint density at radius 3 is 2.43 bits per heavy atom. The van der Waals surface area contributed by atoms with Gasteiger partial charge in [0.25, 0.3) is 0 Å². The number of hydrogen-bond acceptors (Lipinski definition) is 2. The number of carboxylic acid groups (broad SMARTS) is 1. The summed E-state index contributed by atoms with van der Waals surface area (Å²) < 4.78 is 13.9. The van der Waals surface area contributed by atoms with Crippen molar-refractivity contribution in [2.24, 2.45) is 5.92 Å². The van der Waals surface area contributed by atoms with Crippen LogP contribution in [0.5, 0.6) is 0 Å². The molecule has 148 valence electrons. The normalized spacial score (nSPS) is 16.0. The SMILES string of the molecule is CC(CC(=O)N1CCC(Cc2ccccc2C(=O)O)CC1)c1ccccc1F. The van der Waals surface area contributed by atoms with E-state index in [-0.39, 0.29) is 17.6 Å². The fourth-order valence-electron chi connectivity index (χ4n) is 3.98. The fraction of sp³-hybridized carbons (Fsp3) is 0.391. The number of likely N-dealkylation sites (tertiary alicyclic amines) is 1. The second-order valence-electron chi connectivity index (χ2n) is 7.62. The van der Waals surface area contributed by atoms with Crippen molar-refractivity contribution in [2.45, 2.75) is 38.5 Å². The van der Waals surface area contributed by atoms with Gasteiger partial charge >= 0.3 is 5.97 Å². The summed E-state index contributed by atoms with van der Waals surface area (Å²) in [4.78, 5) is 25.9. The van der Waals surface area contributed by atoms with E-state index >= 15 is 0 Å². The van der Waals surface area contributed by atoms with E-state index in [0.717, 1.165) is 24.8 Å². The van der Waals surface area contributed by atoms with Gasteiger partial charge in [0.2, 0.25) is 5.91 Å². The number of carboxylic acids is 1. The quantitative estimate of drug-likeness (QED) is 0.799. The molecule has 0 aromatic heterocycles. The average molecular weight is 383 g/mol. The van der Waals surface area contributed by atoms with Crippen LogP contribution in [0.3, 0.4) is 0 Å².